The standard InChI is InChI=1S/C17H27NO4/c1-8-17(22-13(7)20)15(18-12(6)19)14(9-10(2)3)21-16(17)11(4)5/h1,10-11,14-16H,9H2,2-7H3,(H,18,19)/t14-,15+,16+,17-/m1/s1. The maximum Gasteiger partial charge on any atom is 0.304 e. The normalized spacial score (nSPS) is 31.1. The highest BCUT2D eigenvalue weighted by atomic mass is 16.6. The maximum absolute atomic E-state index is 11.6. The van der Waals surface area contributed by atoms with Crippen molar-refractivity contribution in [1.29, 1.82) is 0 Å². The molecule has 0 aliphatic carbocycles. The number of hydrogen-bond acceptors (Lipinski definition) is 4. The molecule has 4 atom stereocenters. The van der Waals surface area contributed by atoms with Crippen molar-refractivity contribution in [2.24, 2.45) is 11.8 Å². The third kappa shape index (κ3) is 3.80. The van der Waals surface area contributed by atoms with Gasteiger partial charge in [-0.15, -0.1) is 6.42 Å². The van der Waals surface area contributed by atoms with Crippen LogP contribution in [0.4, 0.5) is 0 Å². The molecule has 5 heteroatoms. The Labute approximate surface area is 133 Å². The molecule has 1 N–H and O–H groups in total. The summed E-state index contributed by atoms with van der Waals surface area (Å²) in [5.74, 6) is 2.32. The molecule has 1 aliphatic heterocycles. The number of esters is 1. The molecule has 0 spiro atoms. The number of ether oxygens (including phenoxy) is 2. The van der Waals surface area contributed by atoms with Crippen molar-refractivity contribution >= 4 is 11.9 Å². The van der Waals surface area contributed by atoms with E-state index in [4.69, 9.17) is 15.9 Å². The highest BCUT2D eigenvalue weighted by Crippen LogP contribution is 2.40. The minimum Gasteiger partial charge on any atom is -0.441 e. The molecule has 0 aromatic carbocycles. The lowest BCUT2D eigenvalue weighted by molar-refractivity contribution is -0.160. The molecule has 1 amide bonds. The summed E-state index contributed by atoms with van der Waals surface area (Å²) in [6.45, 7) is 10.8. The lowest BCUT2D eigenvalue weighted by Gasteiger charge is -2.35. The zero-order chi connectivity index (χ0) is 17.1. The number of amides is 1. The van der Waals surface area contributed by atoms with Crippen LogP contribution in [0.3, 0.4) is 0 Å². The summed E-state index contributed by atoms with van der Waals surface area (Å²) in [5.41, 5.74) is -1.27. The summed E-state index contributed by atoms with van der Waals surface area (Å²) in [4.78, 5) is 23.2. The van der Waals surface area contributed by atoms with Crippen molar-refractivity contribution < 1.29 is 19.1 Å². The molecule has 1 heterocycles. The van der Waals surface area contributed by atoms with Gasteiger partial charge in [0.1, 0.15) is 12.1 Å². The second-order valence-corrected chi connectivity index (χ2v) is 6.68. The highest BCUT2D eigenvalue weighted by molar-refractivity contribution is 5.74. The number of nitrogens with one attached hydrogen (secondary N) is 1. The molecule has 1 saturated heterocycles. The summed E-state index contributed by atoms with van der Waals surface area (Å²) in [5, 5.41) is 2.85. The van der Waals surface area contributed by atoms with Crippen LogP contribution in [-0.4, -0.2) is 35.7 Å². The van der Waals surface area contributed by atoms with Gasteiger partial charge in [0.25, 0.3) is 0 Å². The van der Waals surface area contributed by atoms with Crippen LogP contribution >= 0.6 is 0 Å². The first-order valence-electron chi connectivity index (χ1n) is 7.74. The Kier molecular flexibility index (Phi) is 6.01. The van der Waals surface area contributed by atoms with E-state index < -0.39 is 23.7 Å². The molecule has 5 nitrogen and oxygen atoms in total. The fourth-order valence-corrected chi connectivity index (χ4v) is 3.11. The van der Waals surface area contributed by atoms with Crippen LogP contribution in [-0.2, 0) is 19.1 Å². The summed E-state index contributed by atoms with van der Waals surface area (Å²) in [6, 6.07) is -0.548. The number of carbonyl (C=O) groups is 2. The average Bonchev–Trinajstić information content (AvgIpc) is 2.63. The van der Waals surface area contributed by atoms with Gasteiger partial charge in [-0.1, -0.05) is 33.6 Å². The van der Waals surface area contributed by atoms with Crippen molar-refractivity contribution in [3.63, 3.8) is 0 Å². The van der Waals surface area contributed by atoms with E-state index in [-0.39, 0.29) is 17.9 Å². The van der Waals surface area contributed by atoms with Gasteiger partial charge < -0.3 is 14.8 Å². The Balaban J connectivity index is 3.30. The predicted molar refractivity (Wildman–Crippen MR) is 83.9 cm³/mol. The molecular formula is C17H27NO4. The summed E-state index contributed by atoms with van der Waals surface area (Å²) in [6.07, 6.45) is 5.73. The fraction of sp³-hybridized carbons (Fsp3) is 0.765. The lowest BCUT2D eigenvalue weighted by Crippen LogP contribution is -2.59. The van der Waals surface area contributed by atoms with E-state index >= 15 is 0 Å². The van der Waals surface area contributed by atoms with Gasteiger partial charge in [0.2, 0.25) is 11.5 Å². The zero-order valence-electron chi connectivity index (χ0n) is 14.3. The monoisotopic (exact) mass is 309 g/mol. The van der Waals surface area contributed by atoms with Gasteiger partial charge >= 0.3 is 5.97 Å². The second-order valence-electron chi connectivity index (χ2n) is 6.68. The number of carbonyl (C=O) groups excluding carboxylic acids is 2. The van der Waals surface area contributed by atoms with Crippen molar-refractivity contribution in [3.05, 3.63) is 0 Å². The minimum absolute atomic E-state index is 0.0452. The number of rotatable bonds is 5. The van der Waals surface area contributed by atoms with Gasteiger partial charge in [-0.25, -0.2) is 0 Å². The molecule has 0 aromatic heterocycles. The van der Waals surface area contributed by atoms with Gasteiger partial charge in [-0.3, -0.25) is 9.59 Å². The van der Waals surface area contributed by atoms with Crippen molar-refractivity contribution in [2.75, 3.05) is 0 Å². The van der Waals surface area contributed by atoms with Crippen LogP contribution in [0.1, 0.15) is 48.0 Å². The van der Waals surface area contributed by atoms with Gasteiger partial charge in [-0.2, -0.15) is 0 Å². The van der Waals surface area contributed by atoms with Crippen LogP contribution in [0.25, 0.3) is 0 Å². The Hall–Kier alpha value is -1.54. The van der Waals surface area contributed by atoms with E-state index in [1.54, 1.807) is 0 Å². The van der Waals surface area contributed by atoms with Crippen LogP contribution in [0, 0.1) is 24.2 Å². The van der Waals surface area contributed by atoms with E-state index in [1.165, 1.54) is 13.8 Å². The SMILES string of the molecule is C#C[C@]1(OC(C)=O)[C@H](C(C)C)O[C@H](CC(C)C)[C@@H]1NC(C)=O. The van der Waals surface area contributed by atoms with Gasteiger partial charge in [-0.05, 0) is 18.3 Å². The quantitative estimate of drug-likeness (QED) is 0.622. The molecule has 0 saturated carbocycles. The second kappa shape index (κ2) is 7.15. The average molecular weight is 309 g/mol. The molecular weight excluding hydrogens is 282 g/mol. The fourth-order valence-electron chi connectivity index (χ4n) is 3.11. The molecule has 1 aliphatic rings. The first kappa shape index (κ1) is 18.5. The molecule has 0 unspecified atom stereocenters. The molecule has 0 bridgehead atoms. The molecule has 0 aromatic rings. The largest absolute Gasteiger partial charge is 0.441 e. The third-order valence-corrected chi connectivity index (χ3v) is 3.78. The van der Waals surface area contributed by atoms with E-state index in [0.29, 0.717) is 5.92 Å². The lowest BCUT2D eigenvalue weighted by atomic mass is 9.82. The van der Waals surface area contributed by atoms with Crippen molar-refractivity contribution in [1.82, 2.24) is 5.32 Å². The zero-order valence-corrected chi connectivity index (χ0v) is 14.3. The topological polar surface area (TPSA) is 64.6 Å². The van der Waals surface area contributed by atoms with Crippen LogP contribution in [0.5, 0.6) is 0 Å². The van der Waals surface area contributed by atoms with Crippen molar-refractivity contribution in [3.8, 4) is 12.3 Å². The summed E-state index contributed by atoms with van der Waals surface area (Å²) in [7, 11) is 0. The third-order valence-electron chi connectivity index (χ3n) is 3.78. The van der Waals surface area contributed by atoms with E-state index in [1.807, 2.05) is 13.8 Å². The molecule has 1 rings (SSSR count). The smallest absolute Gasteiger partial charge is 0.304 e. The van der Waals surface area contributed by atoms with Crippen LogP contribution < -0.4 is 5.32 Å². The maximum atomic E-state index is 11.6. The minimum atomic E-state index is -1.27. The Morgan fingerprint density at radius 2 is 1.91 bits per heavy atom. The Morgan fingerprint density at radius 3 is 2.27 bits per heavy atom. The van der Waals surface area contributed by atoms with Crippen molar-refractivity contribution in [2.45, 2.75) is 71.8 Å². The first-order valence-corrected chi connectivity index (χ1v) is 7.74. The molecule has 1 fully saturated rings. The predicted octanol–water partition coefficient (Wildman–Crippen LogP) is 1.90. The number of terminal acetylenes is 1. The van der Waals surface area contributed by atoms with Gasteiger partial charge in [0, 0.05) is 13.8 Å². The summed E-state index contributed by atoms with van der Waals surface area (Å²) < 4.78 is 11.7. The van der Waals surface area contributed by atoms with E-state index in [0.717, 1.165) is 6.42 Å². The van der Waals surface area contributed by atoms with E-state index in [2.05, 4.69) is 25.1 Å². The molecule has 22 heavy (non-hydrogen) atoms. The van der Waals surface area contributed by atoms with Crippen LogP contribution in [0.2, 0.25) is 0 Å². The molecule has 124 valence electrons. The highest BCUT2D eigenvalue weighted by Gasteiger charge is 2.59. The van der Waals surface area contributed by atoms with Gasteiger partial charge in [0.15, 0.2) is 0 Å². The number of hydrogen-bond donors (Lipinski definition) is 1. The summed E-state index contributed by atoms with van der Waals surface area (Å²) >= 11 is 0. The molecule has 0 radical (unpaired) electrons. The Morgan fingerprint density at radius 1 is 1.32 bits per heavy atom. The van der Waals surface area contributed by atoms with Gasteiger partial charge in [0.05, 0.1) is 6.10 Å². The Bertz CT molecular complexity index is 466. The van der Waals surface area contributed by atoms with E-state index in [9.17, 15) is 9.59 Å². The van der Waals surface area contributed by atoms with Crippen LogP contribution in [0.15, 0.2) is 0 Å². The first-order chi connectivity index (χ1) is 10.1.